The van der Waals surface area contributed by atoms with E-state index in [-0.39, 0.29) is 40.9 Å². The van der Waals surface area contributed by atoms with Crippen LogP contribution in [0.2, 0.25) is 0 Å². The van der Waals surface area contributed by atoms with Crippen LogP contribution in [-0.2, 0) is 11.3 Å². The summed E-state index contributed by atoms with van der Waals surface area (Å²) in [5.74, 6) is 1.77. The predicted molar refractivity (Wildman–Crippen MR) is 130 cm³/mol. The first-order chi connectivity index (χ1) is 13.2. The highest BCUT2D eigenvalue weighted by atomic mass is 127. The van der Waals surface area contributed by atoms with E-state index in [0.717, 1.165) is 37.0 Å². The highest BCUT2D eigenvalue weighted by molar-refractivity contribution is 14.0. The molecule has 0 bridgehead atoms. The quantitative estimate of drug-likeness (QED) is 0.343. The Morgan fingerprint density at radius 1 is 1.17 bits per heavy atom. The van der Waals surface area contributed by atoms with Crippen LogP contribution in [0, 0.1) is 5.41 Å². The number of carbonyl (C=O) groups is 1. The molecule has 7 heteroatoms. The van der Waals surface area contributed by atoms with Crippen LogP contribution in [0.5, 0.6) is 5.75 Å². The Hall–Kier alpha value is -1.51. The molecule has 0 radical (unpaired) electrons. The van der Waals surface area contributed by atoms with Crippen molar-refractivity contribution >= 4 is 35.8 Å². The summed E-state index contributed by atoms with van der Waals surface area (Å²) in [4.78, 5) is 18.8. The average Bonchev–Trinajstić information content (AvgIpc) is 3.11. The number of amides is 1. The lowest BCUT2D eigenvalue weighted by Gasteiger charge is -2.31. The molecule has 1 aromatic carbocycles. The van der Waals surface area contributed by atoms with Gasteiger partial charge in [0.25, 0.3) is 0 Å². The molecule has 0 aliphatic heterocycles. The monoisotopic (exact) mass is 516 g/mol. The van der Waals surface area contributed by atoms with Gasteiger partial charge in [0, 0.05) is 39.8 Å². The van der Waals surface area contributed by atoms with E-state index < -0.39 is 0 Å². The molecule has 1 aliphatic rings. The number of guanidine groups is 1. The molecule has 0 unspecified atom stereocenters. The number of para-hydroxylation sites is 1. The largest absolute Gasteiger partial charge is 0.488 e. The van der Waals surface area contributed by atoms with Crippen molar-refractivity contribution in [3.8, 4) is 5.75 Å². The van der Waals surface area contributed by atoms with E-state index in [0.29, 0.717) is 19.0 Å². The topological polar surface area (TPSA) is 66.0 Å². The molecule has 0 heterocycles. The normalized spacial score (nSPS) is 16.0. The van der Waals surface area contributed by atoms with Gasteiger partial charge in [-0.2, -0.15) is 0 Å². The summed E-state index contributed by atoms with van der Waals surface area (Å²) in [5, 5.41) is 6.73. The maximum atomic E-state index is 12.7. The van der Waals surface area contributed by atoms with Crippen molar-refractivity contribution in [3.05, 3.63) is 29.8 Å². The summed E-state index contributed by atoms with van der Waals surface area (Å²) in [7, 11) is 5.42. The van der Waals surface area contributed by atoms with Gasteiger partial charge < -0.3 is 20.3 Å². The number of carbonyl (C=O) groups excluding carboxylic acids is 1. The summed E-state index contributed by atoms with van der Waals surface area (Å²) in [6.07, 6.45) is 4.06. The van der Waals surface area contributed by atoms with E-state index in [9.17, 15) is 4.79 Å². The Kier molecular flexibility index (Phi) is 9.71. The SMILES string of the molecule is CN=C(NCc1ccccc1OC(C)(C)C)NCC1(C(=O)N(C)C)CCCC1.I. The van der Waals surface area contributed by atoms with Crippen molar-refractivity contribution < 1.29 is 9.53 Å². The standard InChI is InChI=1S/C22H36N4O2.HI/c1-21(2,3)28-18-12-8-7-11-17(18)15-24-20(23-4)25-16-22(13-9-10-14-22)19(27)26(5)6;/h7-8,11-12H,9-10,13-16H2,1-6H3,(H2,23,24,25);1H. The summed E-state index contributed by atoms with van der Waals surface area (Å²) in [6, 6.07) is 8.03. The van der Waals surface area contributed by atoms with Gasteiger partial charge in [0.2, 0.25) is 5.91 Å². The highest BCUT2D eigenvalue weighted by Crippen LogP contribution is 2.38. The third-order valence-corrected chi connectivity index (χ3v) is 5.07. The lowest BCUT2D eigenvalue weighted by Crippen LogP contribution is -2.49. The molecule has 2 rings (SSSR count). The second kappa shape index (κ2) is 11.0. The number of nitrogens with zero attached hydrogens (tertiary/aromatic N) is 2. The minimum Gasteiger partial charge on any atom is -0.488 e. The molecule has 0 aromatic heterocycles. The van der Waals surface area contributed by atoms with Gasteiger partial charge in [0.15, 0.2) is 5.96 Å². The van der Waals surface area contributed by atoms with Crippen molar-refractivity contribution in [1.82, 2.24) is 15.5 Å². The number of hydrogen-bond donors (Lipinski definition) is 2. The fourth-order valence-electron chi connectivity index (χ4n) is 3.72. The molecule has 1 fully saturated rings. The van der Waals surface area contributed by atoms with Crippen LogP contribution in [0.3, 0.4) is 0 Å². The van der Waals surface area contributed by atoms with Gasteiger partial charge in [-0.05, 0) is 39.7 Å². The number of aliphatic imine (C=N–C) groups is 1. The lowest BCUT2D eigenvalue weighted by atomic mass is 9.84. The van der Waals surface area contributed by atoms with Crippen LogP contribution in [-0.4, -0.2) is 50.1 Å². The van der Waals surface area contributed by atoms with Gasteiger partial charge in [-0.15, -0.1) is 24.0 Å². The Labute approximate surface area is 192 Å². The molecule has 2 N–H and O–H groups in total. The first-order valence-electron chi connectivity index (χ1n) is 10.1. The average molecular weight is 516 g/mol. The Bertz CT molecular complexity index is 692. The van der Waals surface area contributed by atoms with Gasteiger partial charge in [0.05, 0.1) is 5.41 Å². The van der Waals surface area contributed by atoms with Crippen molar-refractivity contribution in [2.75, 3.05) is 27.7 Å². The van der Waals surface area contributed by atoms with Gasteiger partial charge in [-0.3, -0.25) is 9.79 Å². The smallest absolute Gasteiger partial charge is 0.230 e. The van der Waals surface area contributed by atoms with Crippen LogP contribution in [0.1, 0.15) is 52.0 Å². The molecule has 1 aliphatic carbocycles. The molecule has 6 nitrogen and oxygen atoms in total. The summed E-state index contributed by atoms with van der Waals surface area (Å²) in [5.41, 5.74) is 0.492. The Balaban J connectivity index is 0.00000420. The fourth-order valence-corrected chi connectivity index (χ4v) is 3.72. The van der Waals surface area contributed by atoms with Crippen LogP contribution in [0.4, 0.5) is 0 Å². The van der Waals surface area contributed by atoms with E-state index in [1.54, 1.807) is 11.9 Å². The molecule has 0 spiro atoms. The zero-order valence-corrected chi connectivity index (χ0v) is 21.0. The second-order valence-corrected chi connectivity index (χ2v) is 8.79. The number of benzene rings is 1. The minimum atomic E-state index is -0.325. The van der Waals surface area contributed by atoms with Gasteiger partial charge >= 0.3 is 0 Å². The van der Waals surface area contributed by atoms with E-state index in [1.807, 2.05) is 53.1 Å². The van der Waals surface area contributed by atoms with Crippen LogP contribution < -0.4 is 15.4 Å². The van der Waals surface area contributed by atoms with E-state index in [4.69, 9.17) is 4.74 Å². The molecule has 164 valence electrons. The molecule has 1 amide bonds. The lowest BCUT2D eigenvalue weighted by molar-refractivity contribution is -0.138. The summed E-state index contributed by atoms with van der Waals surface area (Å²) >= 11 is 0. The Morgan fingerprint density at radius 3 is 2.34 bits per heavy atom. The summed E-state index contributed by atoms with van der Waals surface area (Å²) < 4.78 is 6.06. The number of nitrogens with one attached hydrogen (secondary N) is 2. The van der Waals surface area contributed by atoms with Crippen molar-refractivity contribution in [2.24, 2.45) is 10.4 Å². The zero-order chi connectivity index (χ0) is 20.8. The highest BCUT2D eigenvalue weighted by Gasteiger charge is 2.42. The number of halogens is 1. The maximum absolute atomic E-state index is 12.7. The van der Waals surface area contributed by atoms with Crippen LogP contribution in [0.15, 0.2) is 29.3 Å². The van der Waals surface area contributed by atoms with E-state index in [1.165, 1.54) is 0 Å². The number of ether oxygens (including phenoxy) is 1. The van der Waals surface area contributed by atoms with Gasteiger partial charge in [-0.25, -0.2) is 0 Å². The molecular formula is C22H37IN4O2. The van der Waals surface area contributed by atoms with E-state index in [2.05, 4.69) is 21.7 Å². The first kappa shape index (κ1) is 25.5. The molecule has 1 aromatic rings. The molecule has 1 saturated carbocycles. The summed E-state index contributed by atoms with van der Waals surface area (Å²) in [6.45, 7) is 7.33. The third kappa shape index (κ3) is 7.35. The van der Waals surface area contributed by atoms with Crippen LogP contribution >= 0.6 is 24.0 Å². The molecule has 29 heavy (non-hydrogen) atoms. The Morgan fingerprint density at radius 2 is 1.79 bits per heavy atom. The number of rotatable bonds is 6. The number of hydrogen-bond acceptors (Lipinski definition) is 3. The molecule has 0 atom stereocenters. The fraction of sp³-hybridized carbons (Fsp3) is 0.636. The van der Waals surface area contributed by atoms with Gasteiger partial charge in [-0.1, -0.05) is 31.0 Å². The minimum absolute atomic E-state index is 0. The first-order valence-corrected chi connectivity index (χ1v) is 10.1. The third-order valence-electron chi connectivity index (χ3n) is 5.07. The van der Waals surface area contributed by atoms with E-state index >= 15 is 0 Å². The second-order valence-electron chi connectivity index (χ2n) is 8.79. The van der Waals surface area contributed by atoms with Gasteiger partial charge in [0.1, 0.15) is 11.4 Å². The zero-order valence-electron chi connectivity index (χ0n) is 18.7. The van der Waals surface area contributed by atoms with Crippen molar-refractivity contribution in [1.29, 1.82) is 0 Å². The molecular weight excluding hydrogens is 479 g/mol. The molecule has 0 saturated heterocycles. The van der Waals surface area contributed by atoms with Crippen LogP contribution in [0.25, 0.3) is 0 Å². The maximum Gasteiger partial charge on any atom is 0.230 e. The van der Waals surface area contributed by atoms with Crippen molar-refractivity contribution in [3.63, 3.8) is 0 Å². The predicted octanol–water partition coefficient (Wildman–Crippen LogP) is 3.80. The van der Waals surface area contributed by atoms with Crippen molar-refractivity contribution in [2.45, 2.75) is 58.6 Å².